The Morgan fingerprint density at radius 1 is 1.19 bits per heavy atom. The zero-order valence-electron chi connectivity index (χ0n) is 7.99. The van der Waals surface area contributed by atoms with E-state index in [0.717, 1.165) is 0 Å². The zero-order chi connectivity index (χ0) is 13.4. The molecule has 16 heavy (non-hydrogen) atoms. The van der Waals surface area contributed by atoms with Crippen LogP contribution >= 0.6 is 0 Å². The molecule has 0 aliphatic carbocycles. The Morgan fingerprint density at radius 3 is 1.56 bits per heavy atom. The van der Waals surface area contributed by atoms with Crippen LogP contribution in [-0.4, -0.2) is 23.4 Å². The molecule has 0 fully saturated rings. The summed E-state index contributed by atoms with van der Waals surface area (Å²) in [4.78, 5) is 10.4. The number of carboxylic acid groups (broad SMARTS) is 1. The molecule has 1 atom stereocenters. The standard InChI is InChI=1S/C8H8F6O2/c1-3-4(2)6(5(15)16,7(9,10)11)8(12,13)14/h3-4H,1H2,2H3,(H,15,16). The van der Waals surface area contributed by atoms with Crippen LogP contribution in [0.2, 0.25) is 0 Å². The molecule has 0 bridgehead atoms. The van der Waals surface area contributed by atoms with Gasteiger partial charge in [0.1, 0.15) is 0 Å². The van der Waals surface area contributed by atoms with E-state index in [4.69, 9.17) is 5.11 Å². The third-order valence-electron chi connectivity index (χ3n) is 2.27. The highest BCUT2D eigenvalue weighted by molar-refractivity contribution is 5.77. The van der Waals surface area contributed by atoms with Gasteiger partial charge in [0.05, 0.1) is 0 Å². The molecule has 0 aliphatic rings. The van der Waals surface area contributed by atoms with Crippen LogP contribution in [0.25, 0.3) is 0 Å². The van der Waals surface area contributed by atoms with Gasteiger partial charge in [0.25, 0.3) is 5.41 Å². The molecule has 1 unspecified atom stereocenters. The molecule has 0 saturated carbocycles. The summed E-state index contributed by atoms with van der Waals surface area (Å²) in [5, 5.41) is 8.31. The Labute approximate surface area is 86.6 Å². The van der Waals surface area contributed by atoms with E-state index in [-0.39, 0.29) is 0 Å². The van der Waals surface area contributed by atoms with E-state index in [2.05, 4.69) is 6.58 Å². The van der Waals surface area contributed by atoms with E-state index in [1.807, 2.05) is 0 Å². The number of alkyl halides is 6. The Kier molecular flexibility index (Phi) is 3.68. The van der Waals surface area contributed by atoms with Gasteiger partial charge in [-0.1, -0.05) is 13.0 Å². The van der Waals surface area contributed by atoms with Crippen molar-refractivity contribution in [3.05, 3.63) is 12.7 Å². The normalized spacial score (nSPS) is 15.7. The largest absolute Gasteiger partial charge is 0.480 e. The van der Waals surface area contributed by atoms with E-state index in [1.54, 1.807) is 0 Å². The van der Waals surface area contributed by atoms with Crippen molar-refractivity contribution in [2.75, 3.05) is 0 Å². The SMILES string of the molecule is C=CC(C)C(C(=O)O)(C(F)(F)F)C(F)(F)F. The second-order valence-corrected chi connectivity index (χ2v) is 3.13. The summed E-state index contributed by atoms with van der Waals surface area (Å²) in [6.07, 6.45) is -11.6. The lowest BCUT2D eigenvalue weighted by atomic mass is 9.74. The first-order valence-corrected chi connectivity index (χ1v) is 3.92. The number of carbonyl (C=O) groups is 1. The number of hydrogen-bond donors (Lipinski definition) is 1. The van der Waals surface area contributed by atoms with Gasteiger partial charge in [0.2, 0.25) is 0 Å². The van der Waals surface area contributed by atoms with Gasteiger partial charge in [0.15, 0.2) is 0 Å². The van der Waals surface area contributed by atoms with Crippen molar-refractivity contribution in [2.24, 2.45) is 11.3 Å². The van der Waals surface area contributed by atoms with E-state index in [1.165, 1.54) is 0 Å². The summed E-state index contributed by atoms with van der Waals surface area (Å²) in [5.74, 6) is -5.31. The molecule has 0 saturated heterocycles. The van der Waals surface area contributed by atoms with Crippen molar-refractivity contribution in [1.29, 1.82) is 0 Å². The molecule has 1 N–H and O–H groups in total. The topological polar surface area (TPSA) is 37.3 Å². The van der Waals surface area contributed by atoms with Gasteiger partial charge in [-0.3, -0.25) is 4.79 Å². The Hall–Kier alpha value is -1.21. The van der Waals surface area contributed by atoms with Crippen molar-refractivity contribution >= 4 is 5.97 Å². The Balaban J connectivity index is 6.02. The van der Waals surface area contributed by atoms with Gasteiger partial charge in [-0.05, 0) is 0 Å². The molecule has 0 aliphatic heterocycles. The van der Waals surface area contributed by atoms with E-state index >= 15 is 0 Å². The van der Waals surface area contributed by atoms with Crippen LogP contribution in [0.5, 0.6) is 0 Å². The average Bonchev–Trinajstić information content (AvgIpc) is 1.98. The summed E-state index contributed by atoms with van der Waals surface area (Å²) < 4.78 is 74.5. The quantitative estimate of drug-likeness (QED) is 0.617. The first-order chi connectivity index (χ1) is 6.92. The number of hydrogen-bond acceptors (Lipinski definition) is 1. The summed E-state index contributed by atoms with van der Waals surface area (Å²) in [6.45, 7) is 3.27. The highest BCUT2D eigenvalue weighted by Gasteiger charge is 2.77. The highest BCUT2D eigenvalue weighted by Crippen LogP contribution is 2.55. The van der Waals surface area contributed by atoms with Crippen LogP contribution in [0.1, 0.15) is 6.92 Å². The fraction of sp³-hybridized carbons (Fsp3) is 0.625. The third kappa shape index (κ3) is 1.88. The molecule has 0 heterocycles. The minimum atomic E-state index is -5.95. The molecular weight excluding hydrogens is 242 g/mol. The highest BCUT2D eigenvalue weighted by atomic mass is 19.4. The van der Waals surface area contributed by atoms with E-state index in [0.29, 0.717) is 13.0 Å². The summed E-state index contributed by atoms with van der Waals surface area (Å²) in [6, 6.07) is 0. The van der Waals surface area contributed by atoms with Crippen LogP contribution in [0.15, 0.2) is 12.7 Å². The molecule has 2 nitrogen and oxygen atoms in total. The van der Waals surface area contributed by atoms with E-state index in [9.17, 15) is 31.1 Å². The molecule has 94 valence electrons. The van der Waals surface area contributed by atoms with Gasteiger partial charge < -0.3 is 5.11 Å². The van der Waals surface area contributed by atoms with Crippen molar-refractivity contribution in [1.82, 2.24) is 0 Å². The molecule has 0 aromatic rings. The van der Waals surface area contributed by atoms with Gasteiger partial charge in [-0.2, -0.15) is 26.3 Å². The lowest BCUT2D eigenvalue weighted by Crippen LogP contribution is -2.59. The first kappa shape index (κ1) is 14.8. The lowest BCUT2D eigenvalue weighted by Gasteiger charge is -2.36. The number of aliphatic carboxylic acids is 1. The predicted molar refractivity (Wildman–Crippen MR) is 41.5 cm³/mol. The predicted octanol–water partition coefficient (Wildman–Crippen LogP) is 3.00. The van der Waals surface area contributed by atoms with Crippen LogP contribution in [-0.2, 0) is 4.79 Å². The maximum absolute atomic E-state index is 12.4. The number of allylic oxidation sites excluding steroid dienone is 1. The maximum Gasteiger partial charge on any atom is 0.414 e. The lowest BCUT2D eigenvalue weighted by molar-refractivity contribution is -0.341. The smallest absolute Gasteiger partial charge is 0.414 e. The minimum absolute atomic E-state index is 0.315. The molecule has 0 aromatic heterocycles. The second-order valence-electron chi connectivity index (χ2n) is 3.13. The molecule has 0 amide bonds. The van der Waals surface area contributed by atoms with Crippen LogP contribution in [0, 0.1) is 11.3 Å². The zero-order valence-corrected chi connectivity index (χ0v) is 7.99. The Bertz CT molecular complexity index is 276. The molecular formula is C8H8F6O2. The van der Waals surface area contributed by atoms with Gasteiger partial charge in [-0.15, -0.1) is 6.58 Å². The van der Waals surface area contributed by atoms with E-state index < -0.39 is 29.7 Å². The van der Waals surface area contributed by atoms with Crippen LogP contribution in [0.4, 0.5) is 26.3 Å². The number of carboxylic acids is 1. The van der Waals surface area contributed by atoms with Crippen molar-refractivity contribution in [3.63, 3.8) is 0 Å². The Morgan fingerprint density at radius 2 is 1.50 bits per heavy atom. The summed E-state index contributed by atoms with van der Waals surface area (Å²) >= 11 is 0. The first-order valence-electron chi connectivity index (χ1n) is 3.92. The third-order valence-corrected chi connectivity index (χ3v) is 2.27. The van der Waals surface area contributed by atoms with Gasteiger partial charge in [-0.25, -0.2) is 0 Å². The fourth-order valence-electron chi connectivity index (χ4n) is 1.29. The van der Waals surface area contributed by atoms with Crippen molar-refractivity contribution in [3.8, 4) is 0 Å². The van der Waals surface area contributed by atoms with Crippen molar-refractivity contribution in [2.45, 2.75) is 19.3 Å². The minimum Gasteiger partial charge on any atom is -0.480 e. The maximum atomic E-state index is 12.4. The summed E-state index contributed by atoms with van der Waals surface area (Å²) in [7, 11) is 0. The second kappa shape index (κ2) is 3.99. The van der Waals surface area contributed by atoms with Gasteiger partial charge in [0, 0.05) is 5.92 Å². The summed E-state index contributed by atoms with van der Waals surface area (Å²) in [5.41, 5.74) is -4.82. The molecule has 0 rings (SSSR count). The molecule has 0 aromatic carbocycles. The molecule has 0 radical (unpaired) electrons. The number of rotatable bonds is 3. The van der Waals surface area contributed by atoms with Gasteiger partial charge >= 0.3 is 18.3 Å². The average molecular weight is 250 g/mol. The van der Waals surface area contributed by atoms with Crippen molar-refractivity contribution < 1.29 is 36.2 Å². The molecule has 8 heteroatoms. The van der Waals surface area contributed by atoms with Crippen LogP contribution in [0.3, 0.4) is 0 Å². The molecule has 0 spiro atoms. The fourth-order valence-corrected chi connectivity index (χ4v) is 1.29. The van der Waals surface area contributed by atoms with Crippen LogP contribution < -0.4 is 0 Å². The monoisotopic (exact) mass is 250 g/mol. The number of halogens is 6.